The first-order valence-corrected chi connectivity index (χ1v) is 6.41. The third-order valence-electron chi connectivity index (χ3n) is 2.63. The molecule has 0 aliphatic carbocycles. The van der Waals surface area contributed by atoms with E-state index >= 15 is 0 Å². The summed E-state index contributed by atoms with van der Waals surface area (Å²) in [6.07, 6.45) is 0. The molecule has 0 saturated carbocycles. The highest BCUT2D eigenvalue weighted by Gasteiger charge is 2.20. The van der Waals surface area contributed by atoms with Gasteiger partial charge in [0.15, 0.2) is 0 Å². The Morgan fingerprint density at radius 2 is 2.00 bits per heavy atom. The third kappa shape index (κ3) is 3.34. The molecule has 2 N–H and O–H groups in total. The molecule has 108 valence electrons. The number of carbonyl (C=O) groups is 1. The van der Waals surface area contributed by atoms with E-state index in [9.17, 15) is 19.3 Å². The number of halogens is 2. The maximum absolute atomic E-state index is 13.6. The number of nitro groups is 1. The summed E-state index contributed by atoms with van der Waals surface area (Å²) in [6.45, 7) is 0. The minimum atomic E-state index is -1.40. The van der Waals surface area contributed by atoms with Crippen molar-refractivity contribution in [1.82, 2.24) is 0 Å². The summed E-state index contributed by atoms with van der Waals surface area (Å²) >= 11 is 3.19. The third-order valence-corrected chi connectivity index (χ3v) is 3.13. The van der Waals surface area contributed by atoms with E-state index < -0.39 is 28.0 Å². The second-order valence-electron chi connectivity index (χ2n) is 4.04. The Hall–Kier alpha value is -2.48. The molecule has 2 rings (SSSR count). The van der Waals surface area contributed by atoms with Gasteiger partial charge in [0.05, 0.1) is 10.6 Å². The van der Waals surface area contributed by atoms with Crippen LogP contribution in [-0.4, -0.2) is 16.0 Å². The fraction of sp³-hybridized carbons (Fsp3) is 0. The number of carboxylic acids is 1. The van der Waals surface area contributed by atoms with Crippen molar-refractivity contribution in [2.24, 2.45) is 0 Å². The number of carboxylic acid groups (broad SMARTS) is 1. The summed E-state index contributed by atoms with van der Waals surface area (Å²) in [4.78, 5) is 21.0. The van der Waals surface area contributed by atoms with Crippen LogP contribution in [-0.2, 0) is 0 Å². The number of nitro benzene ring substituents is 1. The van der Waals surface area contributed by atoms with Crippen LogP contribution in [0, 0.1) is 15.9 Å². The number of anilines is 2. The highest BCUT2D eigenvalue weighted by atomic mass is 79.9. The van der Waals surface area contributed by atoms with Gasteiger partial charge in [-0.15, -0.1) is 0 Å². The predicted molar refractivity (Wildman–Crippen MR) is 77.4 cm³/mol. The molecule has 0 heterocycles. The molecule has 0 amide bonds. The molecule has 0 fully saturated rings. The number of benzene rings is 2. The highest BCUT2D eigenvalue weighted by molar-refractivity contribution is 9.10. The van der Waals surface area contributed by atoms with E-state index in [1.165, 1.54) is 24.3 Å². The number of rotatable bonds is 4. The van der Waals surface area contributed by atoms with E-state index in [1.807, 2.05) is 0 Å². The minimum Gasteiger partial charge on any atom is -0.477 e. The van der Waals surface area contributed by atoms with Gasteiger partial charge in [-0.05, 0) is 30.3 Å². The van der Waals surface area contributed by atoms with Crippen molar-refractivity contribution < 1.29 is 19.2 Å². The van der Waals surface area contributed by atoms with Crippen LogP contribution in [0.4, 0.5) is 21.5 Å². The van der Waals surface area contributed by atoms with Crippen LogP contribution < -0.4 is 5.32 Å². The number of aromatic carboxylic acids is 1. The van der Waals surface area contributed by atoms with Crippen LogP contribution in [0.2, 0.25) is 0 Å². The normalized spacial score (nSPS) is 10.2. The molecule has 0 saturated heterocycles. The topological polar surface area (TPSA) is 92.5 Å². The van der Waals surface area contributed by atoms with Crippen molar-refractivity contribution in [2.75, 3.05) is 5.32 Å². The molecule has 2 aromatic rings. The lowest BCUT2D eigenvalue weighted by molar-refractivity contribution is -0.385. The zero-order valence-corrected chi connectivity index (χ0v) is 11.9. The Balaban J connectivity index is 2.41. The van der Waals surface area contributed by atoms with E-state index in [1.54, 1.807) is 0 Å². The first-order chi connectivity index (χ1) is 9.88. The Kier molecular flexibility index (Phi) is 4.18. The summed E-state index contributed by atoms with van der Waals surface area (Å²) < 4.78 is 14.2. The van der Waals surface area contributed by atoms with Gasteiger partial charge >= 0.3 is 5.97 Å². The SMILES string of the molecule is O=C(O)c1ccc(Nc2cc(Br)ccc2F)cc1[N+](=O)[O-]. The van der Waals surface area contributed by atoms with Gasteiger partial charge in [-0.25, -0.2) is 9.18 Å². The van der Waals surface area contributed by atoms with Crippen LogP contribution in [0.3, 0.4) is 0 Å². The summed E-state index contributed by atoms with van der Waals surface area (Å²) in [5, 5.41) is 22.4. The van der Waals surface area contributed by atoms with Crippen molar-refractivity contribution in [2.45, 2.75) is 0 Å². The second kappa shape index (κ2) is 5.88. The van der Waals surface area contributed by atoms with Crippen LogP contribution in [0.25, 0.3) is 0 Å². The molecular weight excluding hydrogens is 347 g/mol. The first-order valence-electron chi connectivity index (χ1n) is 5.62. The molecule has 0 aromatic heterocycles. The molecule has 21 heavy (non-hydrogen) atoms. The molecule has 0 spiro atoms. The molecule has 8 heteroatoms. The van der Waals surface area contributed by atoms with Crippen molar-refractivity contribution in [3.8, 4) is 0 Å². The van der Waals surface area contributed by atoms with Crippen molar-refractivity contribution >= 4 is 39.0 Å². The quantitative estimate of drug-likeness (QED) is 0.640. The van der Waals surface area contributed by atoms with Crippen molar-refractivity contribution in [3.05, 3.63) is 62.4 Å². The minimum absolute atomic E-state index is 0.113. The van der Waals surface area contributed by atoms with Gasteiger partial charge < -0.3 is 10.4 Å². The first kappa shape index (κ1) is 14.9. The number of nitrogens with zero attached hydrogens (tertiary/aromatic N) is 1. The lowest BCUT2D eigenvalue weighted by Gasteiger charge is -2.08. The average molecular weight is 355 g/mol. The molecule has 6 nitrogen and oxygen atoms in total. The van der Waals surface area contributed by atoms with Crippen LogP contribution in [0.1, 0.15) is 10.4 Å². The Labute approximate surface area is 126 Å². The lowest BCUT2D eigenvalue weighted by Crippen LogP contribution is -2.03. The summed E-state index contributed by atoms with van der Waals surface area (Å²) in [7, 11) is 0. The number of hydrogen-bond donors (Lipinski definition) is 2. The summed E-state index contributed by atoms with van der Waals surface area (Å²) in [5.74, 6) is -1.94. The fourth-order valence-electron chi connectivity index (χ4n) is 1.69. The van der Waals surface area contributed by atoms with Gasteiger partial charge in [0, 0.05) is 16.2 Å². The van der Waals surface area contributed by atoms with Crippen molar-refractivity contribution in [3.63, 3.8) is 0 Å². The van der Waals surface area contributed by atoms with E-state index in [0.717, 1.165) is 12.1 Å². The van der Waals surface area contributed by atoms with E-state index in [2.05, 4.69) is 21.2 Å². The second-order valence-corrected chi connectivity index (χ2v) is 4.96. The van der Waals surface area contributed by atoms with E-state index in [0.29, 0.717) is 4.47 Å². The monoisotopic (exact) mass is 354 g/mol. The maximum atomic E-state index is 13.6. The Bertz CT molecular complexity index is 736. The summed E-state index contributed by atoms with van der Waals surface area (Å²) in [5.41, 5.74) is -0.673. The Morgan fingerprint density at radius 1 is 1.29 bits per heavy atom. The fourth-order valence-corrected chi connectivity index (χ4v) is 2.05. The molecule has 0 unspecified atom stereocenters. The molecular formula is C13H8BrFN2O4. The average Bonchev–Trinajstić information content (AvgIpc) is 2.42. The molecule has 0 radical (unpaired) electrons. The molecule has 0 aliphatic heterocycles. The highest BCUT2D eigenvalue weighted by Crippen LogP contribution is 2.28. The van der Waals surface area contributed by atoms with Gasteiger partial charge in [-0.3, -0.25) is 10.1 Å². The molecule has 0 aliphatic rings. The molecule has 2 aromatic carbocycles. The largest absolute Gasteiger partial charge is 0.477 e. The van der Waals surface area contributed by atoms with Gasteiger partial charge in [0.2, 0.25) is 0 Å². The van der Waals surface area contributed by atoms with Crippen LogP contribution in [0.5, 0.6) is 0 Å². The van der Waals surface area contributed by atoms with E-state index in [4.69, 9.17) is 5.11 Å². The smallest absolute Gasteiger partial charge is 0.342 e. The number of hydrogen-bond acceptors (Lipinski definition) is 4. The standard InChI is InChI=1S/C13H8BrFN2O4/c14-7-1-4-10(15)11(5-7)16-8-2-3-9(13(18)19)12(6-8)17(20)21/h1-6,16H,(H,18,19). The Morgan fingerprint density at radius 3 is 2.62 bits per heavy atom. The number of nitrogens with one attached hydrogen (secondary N) is 1. The van der Waals surface area contributed by atoms with Crippen LogP contribution in [0.15, 0.2) is 40.9 Å². The zero-order valence-electron chi connectivity index (χ0n) is 10.3. The lowest BCUT2D eigenvalue weighted by atomic mass is 10.1. The van der Waals surface area contributed by atoms with Gasteiger partial charge in [0.25, 0.3) is 5.69 Å². The van der Waals surface area contributed by atoms with Gasteiger partial charge in [0.1, 0.15) is 11.4 Å². The van der Waals surface area contributed by atoms with E-state index in [-0.39, 0.29) is 11.4 Å². The van der Waals surface area contributed by atoms with Gasteiger partial charge in [-0.1, -0.05) is 15.9 Å². The summed E-state index contributed by atoms with van der Waals surface area (Å²) in [6, 6.07) is 7.68. The van der Waals surface area contributed by atoms with Gasteiger partial charge in [-0.2, -0.15) is 0 Å². The molecule has 0 atom stereocenters. The predicted octanol–water partition coefficient (Wildman–Crippen LogP) is 3.94. The zero-order chi connectivity index (χ0) is 15.6. The van der Waals surface area contributed by atoms with Crippen molar-refractivity contribution in [1.29, 1.82) is 0 Å². The molecule has 0 bridgehead atoms. The maximum Gasteiger partial charge on any atom is 0.342 e. The van der Waals surface area contributed by atoms with Crippen LogP contribution >= 0.6 is 15.9 Å².